The van der Waals surface area contributed by atoms with E-state index in [9.17, 15) is 0 Å². The van der Waals surface area contributed by atoms with Crippen LogP contribution in [-0.2, 0) is 5.41 Å². The largest absolute Gasteiger partial charge is 0.361 e. The zero-order valence-electron chi connectivity index (χ0n) is 21.3. The Bertz CT molecular complexity index is 1010. The van der Waals surface area contributed by atoms with Gasteiger partial charge in [-0.25, -0.2) is 0 Å². The number of thiocarbonyl (C=S) groups is 1. The highest BCUT2D eigenvalue weighted by atomic mass is 35.5. The molecule has 1 aromatic heterocycles. The predicted molar refractivity (Wildman–Crippen MR) is 155 cm³/mol. The molecule has 3 aliphatic rings. The molecule has 2 N–H and O–H groups in total. The molecule has 0 bridgehead atoms. The summed E-state index contributed by atoms with van der Waals surface area (Å²) in [6, 6.07) is 10.5. The van der Waals surface area contributed by atoms with Crippen molar-refractivity contribution in [3.05, 3.63) is 40.9 Å². The Morgan fingerprint density at radius 3 is 1.89 bits per heavy atom. The van der Waals surface area contributed by atoms with Crippen LogP contribution in [0.5, 0.6) is 0 Å². The van der Waals surface area contributed by atoms with Crippen molar-refractivity contribution in [1.82, 2.24) is 15.3 Å². The van der Waals surface area contributed by atoms with Crippen molar-refractivity contribution in [3.63, 3.8) is 0 Å². The smallest absolute Gasteiger partial charge is 0.232 e. The van der Waals surface area contributed by atoms with E-state index in [-0.39, 0.29) is 5.41 Å². The lowest BCUT2D eigenvalue weighted by Crippen LogP contribution is -2.41. The first-order valence-electron chi connectivity index (χ1n) is 13.8. The lowest BCUT2D eigenvalue weighted by atomic mass is 9.79. The van der Waals surface area contributed by atoms with E-state index in [2.05, 4.69) is 38.6 Å². The molecule has 0 spiro atoms. The topological polar surface area (TPSA) is 56.3 Å². The number of nitrogens with zero attached hydrogens (tertiary/aromatic N) is 4. The first-order valence-corrected chi connectivity index (χ1v) is 14.6. The van der Waals surface area contributed by atoms with Crippen LogP contribution in [0.3, 0.4) is 0 Å². The van der Waals surface area contributed by atoms with Crippen LogP contribution in [-0.4, -0.2) is 47.8 Å². The van der Waals surface area contributed by atoms with Gasteiger partial charge in [0.2, 0.25) is 5.95 Å². The van der Waals surface area contributed by atoms with Crippen LogP contribution < -0.4 is 20.4 Å². The summed E-state index contributed by atoms with van der Waals surface area (Å²) in [6.07, 6.45) is 13.6. The van der Waals surface area contributed by atoms with Crippen molar-refractivity contribution in [2.75, 3.05) is 47.8 Å². The maximum absolute atomic E-state index is 6.16. The van der Waals surface area contributed by atoms with E-state index < -0.39 is 0 Å². The number of hydrogen-bond acceptors (Lipinski definition) is 5. The number of piperidine rings is 1. The van der Waals surface area contributed by atoms with Crippen molar-refractivity contribution in [3.8, 4) is 0 Å². The van der Waals surface area contributed by atoms with E-state index in [4.69, 9.17) is 33.8 Å². The molecule has 5 rings (SSSR count). The minimum Gasteiger partial charge on any atom is -0.361 e. The Labute approximate surface area is 226 Å². The quantitative estimate of drug-likeness (QED) is 0.428. The maximum Gasteiger partial charge on any atom is 0.232 e. The summed E-state index contributed by atoms with van der Waals surface area (Å²) in [5, 5.41) is 8.23. The van der Waals surface area contributed by atoms with E-state index in [0.717, 1.165) is 62.2 Å². The van der Waals surface area contributed by atoms with Gasteiger partial charge in [0.05, 0.1) is 0 Å². The molecule has 1 aliphatic carbocycles. The first-order chi connectivity index (χ1) is 17.6. The molecule has 0 atom stereocenters. The fourth-order valence-corrected chi connectivity index (χ4v) is 6.33. The van der Waals surface area contributed by atoms with Crippen LogP contribution in [0.2, 0.25) is 5.02 Å². The summed E-state index contributed by atoms with van der Waals surface area (Å²) in [7, 11) is 0. The SMILES string of the molecule is S=C(NCC1(c2ccc(Cl)cc2)CCCC1)Nc1nc(N2CCCCCC2)cc(N2CCCCC2)n1. The Balaban J connectivity index is 1.31. The minimum atomic E-state index is 0.0873. The number of nitrogens with one attached hydrogen (secondary N) is 2. The van der Waals surface area contributed by atoms with Crippen LogP contribution in [0.4, 0.5) is 17.6 Å². The van der Waals surface area contributed by atoms with E-state index in [1.54, 1.807) is 0 Å². The van der Waals surface area contributed by atoms with Crippen LogP contribution >= 0.6 is 23.8 Å². The van der Waals surface area contributed by atoms with E-state index >= 15 is 0 Å². The molecule has 0 amide bonds. The lowest BCUT2D eigenvalue weighted by Gasteiger charge is -2.31. The molecule has 2 aromatic rings. The highest BCUT2D eigenvalue weighted by Gasteiger charge is 2.35. The molecule has 194 valence electrons. The normalized spacial score (nSPS) is 20.1. The first kappa shape index (κ1) is 25.5. The minimum absolute atomic E-state index is 0.0873. The van der Waals surface area contributed by atoms with E-state index in [1.165, 1.54) is 63.4 Å². The second kappa shape index (κ2) is 12.0. The Morgan fingerprint density at radius 1 is 0.806 bits per heavy atom. The molecule has 1 saturated carbocycles. The van der Waals surface area contributed by atoms with Crippen molar-refractivity contribution in [1.29, 1.82) is 0 Å². The molecule has 0 radical (unpaired) electrons. The van der Waals surface area contributed by atoms with Gasteiger partial charge in [-0.1, -0.05) is 49.4 Å². The van der Waals surface area contributed by atoms with E-state index in [0.29, 0.717) is 11.1 Å². The molecule has 6 nitrogen and oxygen atoms in total. The van der Waals surface area contributed by atoms with Gasteiger partial charge in [0.15, 0.2) is 5.11 Å². The van der Waals surface area contributed by atoms with Crippen molar-refractivity contribution in [2.24, 2.45) is 0 Å². The van der Waals surface area contributed by atoms with Crippen LogP contribution in [0.25, 0.3) is 0 Å². The standard InChI is InChI=1S/C28H39ClN6S/c29-23-12-10-22(11-13-23)28(14-4-5-15-28)21-30-27(36)33-26-31-24(34-16-6-1-2-7-17-34)20-25(32-26)35-18-8-3-9-19-35/h10-13,20H,1-9,14-19,21H2,(H2,30,31,32,33,36). The summed E-state index contributed by atoms with van der Waals surface area (Å²) in [5.41, 5.74) is 1.43. The fourth-order valence-electron chi connectivity index (χ4n) is 6.04. The summed E-state index contributed by atoms with van der Waals surface area (Å²) in [6.45, 7) is 5.03. The zero-order chi connectivity index (χ0) is 24.8. The highest BCUT2D eigenvalue weighted by Crippen LogP contribution is 2.41. The van der Waals surface area contributed by atoms with Gasteiger partial charge in [-0.2, -0.15) is 9.97 Å². The average molecular weight is 527 g/mol. The molecule has 1 aromatic carbocycles. The fraction of sp³-hybridized carbons (Fsp3) is 0.607. The molecular weight excluding hydrogens is 488 g/mol. The van der Waals surface area contributed by atoms with Gasteiger partial charge < -0.3 is 20.4 Å². The predicted octanol–water partition coefficient (Wildman–Crippen LogP) is 6.30. The number of anilines is 3. The third-order valence-corrected chi connectivity index (χ3v) is 8.64. The second-order valence-electron chi connectivity index (χ2n) is 10.7. The highest BCUT2D eigenvalue weighted by molar-refractivity contribution is 7.80. The molecule has 2 saturated heterocycles. The average Bonchev–Trinajstić information content (AvgIpc) is 3.22. The van der Waals surface area contributed by atoms with Gasteiger partial charge in [-0.15, -0.1) is 0 Å². The number of hydrogen-bond donors (Lipinski definition) is 2. The Kier molecular flexibility index (Phi) is 8.47. The van der Waals surface area contributed by atoms with Gasteiger partial charge in [0, 0.05) is 49.2 Å². The van der Waals surface area contributed by atoms with Gasteiger partial charge in [-0.3, -0.25) is 0 Å². The van der Waals surface area contributed by atoms with E-state index in [1.807, 2.05) is 12.1 Å². The second-order valence-corrected chi connectivity index (χ2v) is 11.5. The number of halogens is 1. The third kappa shape index (κ3) is 6.23. The molecule has 36 heavy (non-hydrogen) atoms. The number of aromatic nitrogens is 2. The van der Waals surface area contributed by atoms with Gasteiger partial charge in [0.1, 0.15) is 11.6 Å². The van der Waals surface area contributed by atoms with Crippen LogP contribution in [0.1, 0.15) is 76.2 Å². The molecule has 3 heterocycles. The molecular formula is C28H39ClN6S. The van der Waals surface area contributed by atoms with Gasteiger partial charge in [-0.05, 0) is 74.9 Å². The Hall–Kier alpha value is -2.12. The summed E-state index contributed by atoms with van der Waals surface area (Å²) >= 11 is 11.9. The Morgan fingerprint density at radius 2 is 1.33 bits per heavy atom. The summed E-state index contributed by atoms with van der Waals surface area (Å²) in [4.78, 5) is 14.7. The van der Waals surface area contributed by atoms with Crippen LogP contribution in [0, 0.1) is 0 Å². The third-order valence-electron chi connectivity index (χ3n) is 8.14. The summed E-state index contributed by atoms with van der Waals surface area (Å²) in [5.74, 6) is 2.63. The monoisotopic (exact) mass is 526 g/mol. The molecule has 2 aliphatic heterocycles. The lowest BCUT2D eigenvalue weighted by molar-refractivity contribution is 0.435. The van der Waals surface area contributed by atoms with Crippen molar-refractivity contribution < 1.29 is 0 Å². The number of benzene rings is 1. The van der Waals surface area contributed by atoms with Gasteiger partial charge >= 0.3 is 0 Å². The molecule has 3 fully saturated rings. The van der Waals surface area contributed by atoms with Crippen LogP contribution in [0.15, 0.2) is 30.3 Å². The maximum atomic E-state index is 6.16. The number of rotatable bonds is 6. The van der Waals surface area contributed by atoms with Gasteiger partial charge in [0.25, 0.3) is 0 Å². The summed E-state index contributed by atoms with van der Waals surface area (Å²) < 4.78 is 0. The van der Waals surface area contributed by atoms with Crippen molar-refractivity contribution >= 4 is 46.5 Å². The molecule has 8 heteroatoms. The van der Waals surface area contributed by atoms with Crippen molar-refractivity contribution in [2.45, 2.75) is 76.0 Å². The zero-order valence-corrected chi connectivity index (χ0v) is 22.8. The molecule has 0 unspecified atom stereocenters.